The Hall–Kier alpha value is -2.46. The molecule has 0 aliphatic rings. The molecule has 124 valence electrons. The molecule has 0 unspecified atom stereocenters. The van der Waals surface area contributed by atoms with Crippen molar-refractivity contribution in [1.82, 2.24) is 5.32 Å². The molecule has 0 spiro atoms. The third-order valence-corrected chi connectivity index (χ3v) is 4.14. The Morgan fingerprint density at radius 1 is 1.21 bits per heavy atom. The number of rotatable bonds is 4. The van der Waals surface area contributed by atoms with Gasteiger partial charge in [-0.2, -0.15) is 0 Å². The number of carbonyl (C=O) groups excluding carboxylic acids is 1. The van der Waals surface area contributed by atoms with E-state index in [9.17, 15) is 4.79 Å². The summed E-state index contributed by atoms with van der Waals surface area (Å²) in [5.41, 5.74) is 2.65. The standard InChI is InChI=1S/C19H18ClNO3/c1-11-4-6-17(23-3)15(8-11)12(2)21-19(22)18-10-13-9-14(20)5-7-16(13)24-18/h4-10,12H,1-3H3,(H,21,22)/t12-/m0/s1. The van der Waals surface area contributed by atoms with Crippen LogP contribution in [0, 0.1) is 6.92 Å². The number of halogens is 1. The van der Waals surface area contributed by atoms with E-state index in [1.807, 2.05) is 32.0 Å². The van der Waals surface area contributed by atoms with E-state index in [1.165, 1.54) is 0 Å². The molecule has 1 aromatic heterocycles. The SMILES string of the molecule is COc1ccc(C)cc1[C@H](C)NC(=O)c1cc2cc(Cl)ccc2o1. The van der Waals surface area contributed by atoms with Crippen LogP contribution in [0.4, 0.5) is 0 Å². The molecule has 0 aliphatic carbocycles. The summed E-state index contributed by atoms with van der Waals surface area (Å²) in [6, 6.07) is 12.6. The van der Waals surface area contributed by atoms with E-state index >= 15 is 0 Å². The van der Waals surface area contributed by atoms with Gasteiger partial charge in [0.15, 0.2) is 5.76 Å². The molecule has 0 saturated heterocycles. The highest BCUT2D eigenvalue weighted by atomic mass is 35.5. The normalized spacial score (nSPS) is 12.2. The number of amides is 1. The Morgan fingerprint density at radius 2 is 2.00 bits per heavy atom. The van der Waals surface area contributed by atoms with E-state index in [0.29, 0.717) is 10.6 Å². The van der Waals surface area contributed by atoms with Gasteiger partial charge in [0.05, 0.1) is 13.2 Å². The second kappa shape index (κ2) is 6.57. The average molecular weight is 344 g/mol. The first-order chi connectivity index (χ1) is 11.5. The van der Waals surface area contributed by atoms with Gasteiger partial charge in [-0.3, -0.25) is 4.79 Å². The molecule has 0 aliphatic heterocycles. The van der Waals surface area contributed by atoms with Crippen LogP contribution in [0.15, 0.2) is 46.9 Å². The van der Waals surface area contributed by atoms with Crippen molar-refractivity contribution in [1.29, 1.82) is 0 Å². The molecule has 1 atom stereocenters. The zero-order valence-corrected chi connectivity index (χ0v) is 14.5. The van der Waals surface area contributed by atoms with Crippen LogP contribution in [0.3, 0.4) is 0 Å². The molecular formula is C19H18ClNO3. The van der Waals surface area contributed by atoms with Crippen molar-refractivity contribution < 1.29 is 13.9 Å². The zero-order valence-electron chi connectivity index (χ0n) is 13.7. The second-order valence-electron chi connectivity index (χ2n) is 5.73. The van der Waals surface area contributed by atoms with Gasteiger partial charge in [0, 0.05) is 16.0 Å². The smallest absolute Gasteiger partial charge is 0.287 e. The molecule has 0 radical (unpaired) electrons. The number of aryl methyl sites for hydroxylation is 1. The second-order valence-corrected chi connectivity index (χ2v) is 6.17. The van der Waals surface area contributed by atoms with Gasteiger partial charge in [-0.15, -0.1) is 0 Å². The summed E-state index contributed by atoms with van der Waals surface area (Å²) in [6.45, 7) is 3.91. The van der Waals surface area contributed by atoms with Crippen LogP contribution in [0.2, 0.25) is 5.02 Å². The Labute approximate surface area is 145 Å². The van der Waals surface area contributed by atoms with Crippen molar-refractivity contribution in [3.8, 4) is 5.75 Å². The number of methoxy groups -OCH3 is 1. The number of ether oxygens (including phenoxy) is 1. The molecule has 0 fully saturated rings. The van der Waals surface area contributed by atoms with Crippen LogP contribution >= 0.6 is 11.6 Å². The van der Waals surface area contributed by atoms with E-state index in [4.69, 9.17) is 20.8 Å². The van der Waals surface area contributed by atoms with Crippen molar-refractivity contribution in [3.05, 3.63) is 64.4 Å². The highest BCUT2D eigenvalue weighted by Crippen LogP contribution is 2.27. The number of nitrogens with one attached hydrogen (secondary N) is 1. The van der Waals surface area contributed by atoms with Gasteiger partial charge in [-0.1, -0.05) is 29.3 Å². The van der Waals surface area contributed by atoms with E-state index < -0.39 is 0 Å². The largest absolute Gasteiger partial charge is 0.496 e. The van der Waals surface area contributed by atoms with Crippen LogP contribution in [0.25, 0.3) is 11.0 Å². The molecule has 5 heteroatoms. The van der Waals surface area contributed by atoms with Gasteiger partial charge in [-0.05, 0) is 44.2 Å². The first-order valence-corrected chi connectivity index (χ1v) is 8.00. The molecule has 1 N–H and O–H groups in total. The van der Waals surface area contributed by atoms with Crippen molar-refractivity contribution in [2.24, 2.45) is 0 Å². The third-order valence-electron chi connectivity index (χ3n) is 3.90. The Bertz CT molecular complexity index is 901. The lowest BCUT2D eigenvalue weighted by Crippen LogP contribution is -2.26. The maximum absolute atomic E-state index is 12.5. The summed E-state index contributed by atoms with van der Waals surface area (Å²) < 4.78 is 11.0. The summed E-state index contributed by atoms with van der Waals surface area (Å²) in [5, 5.41) is 4.35. The summed E-state index contributed by atoms with van der Waals surface area (Å²) in [5.74, 6) is 0.717. The topological polar surface area (TPSA) is 51.5 Å². The Balaban J connectivity index is 1.84. The van der Waals surface area contributed by atoms with Crippen LogP contribution in [0.1, 0.15) is 34.6 Å². The van der Waals surface area contributed by atoms with E-state index in [-0.39, 0.29) is 17.7 Å². The minimum Gasteiger partial charge on any atom is -0.496 e. The van der Waals surface area contributed by atoms with Crippen LogP contribution in [-0.2, 0) is 0 Å². The first kappa shape index (κ1) is 16.4. The predicted octanol–water partition coefficient (Wildman–Crippen LogP) is 4.89. The maximum Gasteiger partial charge on any atom is 0.287 e. The lowest BCUT2D eigenvalue weighted by Gasteiger charge is -2.17. The fourth-order valence-corrected chi connectivity index (χ4v) is 2.84. The van der Waals surface area contributed by atoms with Crippen molar-refractivity contribution in [2.75, 3.05) is 7.11 Å². The van der Waals surface area contributed by atoms with Crippen molar-refractivity contribution in [2.45, 2.75) is 19.9 Å². The molecule has 1 heterocycles. The monoisotopic (exact) mass is 343 g/mol. The Kier molecular flexibility index (Phi) is 4.49. The van der Waals surface area contributed by atoms with Gasteiger partial charge in [0.1, 0.15) is 11.3 Å². The number of furan rings is 1. The van der Waals surface area contributed by atoms with Crippen LogP contribution < -0.4 is 10.1 Å². The summed E-state index contributed by atoms with van der Waals surface area (Å²) in [7, 11) is 1.62. The number of benzene rings is 2. The molecular weight excluding hydrogens is 326 g/mol. The molecule has 24 heavy (non-hydrogen) atoms. The quantitative estimate of drug-likeness (QED) is 0.733. The molecule has 0 bridgehead atoms. The van der Waals surface area contributed by atoms with Crippen molar-refractivity contribution >= 4 is 28.5 Å². The number of hydrogen-bond acceptors (Lipinski definition) is 3. The van der Waals surface area contributed by atoms with Crippen LogP contribution in [-0.4, -0.2) is 13.0 Å². The maximum atomic E-state index is 12.5. The zero-order chi connectivity index (χ0) is 17.3. The molecule has 1 amide bonds. The minimum absolute atomic E-state index is 0.218. The number of hydrogen-bond donors (Lipinski definition) is 1. The Morgan fingerprint density at radius 3 is 2.75 bits per heavy atom. The van der Waals surface area contributed by atoms with E-state index in [0.717, 1.165) is 22.3 Å². The van der Waals surface area contributed by atoms with Gasteiger partial charge < -0.3 is 14.5 Å². The summed E-state index contributed by atoms with van der Waals surface area (Å²) in [4.78, 5) is 12.5. The van der Waals surface area contributed by atoms with Gasteiger partial charge >= 0.3 is 0 Å². The minimum atomic E-state index is -0.279. The van der Waals surface area contributed by atoms with E-state index in [2.05, 4.69) is 5.32 Å². The fraction of sp³-hybridized carbons (Fsp3) is 0.211. The molecule has 3 aromatic rings. The lowest BCUT2D eigenvalue weighted by molar-refractivity contribution is 0.0913. The van der Waals surface area contributed by atoms with Gasteiger partial charge in [0.2, 0.25) is 0 Å². The number of carbonyl (C=O) groups is 1. The van der Waals surface area contributed by atoms with Gasteiger partial charge in [-0.25, -0.2) is 0 Å². The molecule has 4 nitrogen and oxygen atoms in total. The lowest BCUT2D eigenvalue weighted by atomic mass is 10.0. The highest BCUT2D eigenvalue weighted by molar-refractivity contribution is 6.31. The molecule has 3 rings (SSSR count). The molecule has 0 saturated carbocycles. The van der Waals surface area contributed by atoms with Gasteiger partial charge in [0.25, 0.3) is 5.91 Å². The average Bonchev–Trinajstić information content (AvgIpc) is 2.98. The van der Waals surface area contributed by atoms with E-state index in [1.54, 1.807) is 31.4 Å². The third kappa shape index (κ3) is 3.24. The summed E-state index contributed by atoms with van der Waals surface area (Å²) in [6.07, 6.45) is 0. The fourth-order valence-electron chi connectivity index (χ4n) is 2.66. The first-order valence-electron chi connectivity index (χ1n) is 7.62. The highest BCUT2D eigenvalue weighted by Gasteiger charge is 2.18. The number of fused-ring (bicyclic) bond motifs is 1. The van der Waals surface area contributed by atoms with Crippen molar-refractivity contribution in [3.63, 3.8) is 0 Å². The summed E-state index contributed by atoms with van der Waals surface area (Å²) >= 11 is 5.96. The predicted molar refractivity (Wildman–Crippen MR) is 94.8 cm³/mol. The molecule has 2 aromatic carbocycles. The van der Waals surface area contributed by atoms with Crippen LogP contribution in [0.5, 0.6) is 5.75 Å².